The molecule has 8 heteroatoms. The zero-order valence-corrected chi connectivity index (χ0v) is 17.6. The summed E-state index contributed by atoms with van der Waals surface area (Å²) in [5, 5.41) is 0.576. The summed E-state index contributed by atoms with van der Waals surface area (Å²) in [5.74, 6) is 1.69. The third-order valence-corrected chi connectivity index (χ3v) is 5.95. The minimum Gasteiger partial charge on any atom is -0.494 e. The zero-order chi connectivity index (χ0) is 20.8. The lowest BCUT2D eigenvalue weighted by Gasteiger charge is -2.22. The van der Waals surface area contributed by atoms with Crippen LogP contribution < -0.4 is 4.74 Å². The molecule has 1 saturated heterocycles. The molecule has 7 nitrogen and oxygen atoms in total. The topological polar surface area (TPSA) is 75.5 Å². The number of benzene rings is 1. The summed E-state index contributed by atoms with van der Waals surface area (Å²) in [4.78, 5) is 26.8. The number of carbonyl (C=O) groups excluding carboxylic acids is 1. The Balaban J connectivity index is 1.75. The molecule has 4 heterocycles. The SMILES string of the molecule is CCOc1ccc(-c2nc(C3CCCN3C(C)=O)n3c2cnc2[nH]cc(Cl)c23)cc1. The molecule has 1 N–H and O–H groups in total. The number of imidazole rings is 1. The number of nitrogens with zero attached hydrogens (tertiary/aromatic N) is 4. The first-order valence-corrected chi connectivity index (χ1v) is 10.5. The maximum Gasteiger partial charge on any atom is 0.220 e. The van der Waals surface area contributed by atoms with Crippen molar-refractivity contribution in [3.05, 3.63) is 47.5 Å². The van der Waals surface area contributed by atoms with E-state index in [0.29, 0.717) is 17.3 Å². The summed E-state index contributed by atoms with van der Waals surface area (Å²) in [6, 6.07) is 7.78. The van der Waals surface area contributed by atoms with Crippen LogP contribution in [0.5, 0.6) is 5.75 Å². The van der Waals surface area contributed by atoms with Crippen LogP contribution in [-0.2, 0) is 4.79 Å². The van der Waals surface area contributed by atoms with Crippen LogP contribution in [0.1, 0.15) is 38.6 Å². The quantitative estimate of drug-likeness (QED) is 0.520. The van der Waals surface area contributed by atoms with E-state index >= 15 is 0 Å². The van der Waals surface area contributed by atoms with Gasteiger partial charge in [-0.1, -0.05) is 11.6 Å². The van der Waals surface area contributed by atoms with E-state index in [4.69, 9.17) is 21.3 Å². The highest BCUT2D eigenvalue weighted by Crippen LogP contribution is 2.38. The van der Waals surface area contributed by atoms with E-state index in [1.54, 1.807) is 13.1 Å². The van der Waals surface area contributed by atoms with Crippen LogP contribution >= 0.6 is 11.6 Å². The van der Waals surface area contributed by atoms with Gasteiger partial charge in [0.05, 0.1) is 35.1 Å². The molecule has 4 aromatic rings. The summed E-state index contributed by atoms with van der Waals surface area (Å²) >= 11 is 6.52. The molecule has 1 atom stereocenters. The van der Waals surface area contributed by atoms with Crippen molar-refractivity contribution in [3.8, 4) is 17.0 Å². The van der Waals surface area contributed by atoms with Crippen LogP contribution in [-0.4, -0.2) is 43.3 Å². The first-order valence-electron chi connectivity index (χ1n) is 10.1. The number of rotatable bonds is 4. The monoisotopic (exact) mass is 423 g/mol. The number of ether oxygens (including phenoxy) is 1. The van der Waals surface area contributed by atoms with Crippen LogP contribution in [0.3, 0.4) is 0 Å². The summed E-state index contributed by atoms with van der Waals surface area (Å²) in [6.45, 7) is 4.93. The molecule has 3 aromatic heterocycles. The lowest BCUT2D eigenvalue weighted by Crippen LogP contribution is -2.29. The number of nitrogens with one attached hydrogen (secondary N) is 1. The minimum atomic E-state index is -0.0944. The molecule has 1 aliphatic heterocycles. The number of halogens is 1. The van der Waals surface area contributed by atoms with E-state index in [2.05, 4.69) is 14.4 Å². The number of aromatic nitrogens is 4. The third kappa shape index (κ3) is 2.92. The molecule has 1 unspecified atom stereocenters. The van der Waals surface area contributed by atoms with Crippen molar-refractivity contribution in [2.24, 2.45) is 0 Å². The first-order chi connectivity index (χ1) is 14.6. The normalized spacial score (nSPS) is 16.6. The van der Waals surface area contributed by atoms with Gasteiger partial charge in [0.2, 0.25) is 5.91 Å². The van der Waals surface area contributed by atoms with Crippen molar-refractivity contribution in [3.63, 3.8) is 0 Å². The molecule has 1 fully saturated rings. The molecule has 1 aromatic carbocycles. The van der Waals surface area contributed by atoms with Gasteiger partial charge >= 0.3 is 0 Å². The van der Waals surface area contributed by atoms with Gasteiger partial charge in [0, 0.05) is 25.2 Å². The number of fused-ring (bicyclic) bond motifs is 3. The maximum atomic E-state index is 12.3. The molecule has 0 saturated carbocycles. The molecule has 0 spiro atoms. The van der Waals surface area contributed by atoms with E-state index in [-0.39, 0.29) is 11.9 Å². The Labute approximate surface area is 178 Å². The molecule has 154 valence electrons. The Hall–Kier alpha value is -3.06. The van der Waals surface area contributed by atoms with Gasteiger partial charge in [-0.2, -0.15) is 0 Å². The molecule has 0 bridgehead atoms. The maximum absolute atomic E-state index is 12.3. The summed E-state index contributed by atoms with van der Waals surface area (Å²) in [5.41, 5.74) is 4.11. The number of hydrogen-bond acceptors (Lipinski definition) is 4. The average molecular weight is 424 g/mol. The second-order valence-corrected chi connectivity index (χ2v) is 7.87. The Morgan fingerprint density at radius 1 is 1.33 bits per heavy atom. The highest BCUT2D eigenvalue weighted by atomic mass is 35.5. The van der Waals surface area contributed by atoms with Crippen molar-refractivity contribution < 1.29 is 9.53 Å². The fourth-order valence-corrected chi connectivity index (χ4v) is 4.58. The van der Waals surface area contributed by atoms with Crippen LogP contribution in [0, 0.1) is 0 Å². The largest absolute Gasteiger partial charge is 0.494 e. The highest BCUT2D eigenvalue weighted by molar-refractivity contribution is 6.35. The van der Waals surface area contributed by atoms with Gasteiger partial charge in [0.1, 0.15) is 17.1 Å². The fraction of sp³-hybridized carbons (Fsp3) is 0.318. The van der Waals surface area contributed by atoms with Gasteiger partial charge in [0.15, 0.2) is 5.65 Å². The molecular weight excluding hydrogens is 402 g/mol. The van der Waals surface area contributed by atoms with Gasteiger partial charge in [0.25, 0.3) is 0 Å². The van der Waals surface area contributed by atoms with Gasteiger partial charge in [-0.15, -0.1) is 0 Å². The van der Waals surface area contributed by atoms with E-state index in [1.165, 1.54) is 0 Å². The molecule has 0 aliphatic carbocycles. The molecule has 0 radical (unpaired) electrons. The van der Waals surface area contributed by atoms with E-state index in [1.807, 2.05) is 42.3 Å². The summed E-state index contributed by atoms with van der Waals surface area (Å²) < 4.78 is 7.62. The summed E-state index contributed by atoms with van der Waals surface area (Å²) in [7, 11) is 0. The van der Waals surface area contributed by atoms with E-state index in [0.717, 1.165) is 53.3 Å². The number of aromatic amines is 1. The lowest BCUT2D eigenvalue weighted by molar-refractivity contribution is -0.129. The Morgan fingerprint density at radius 2 is 2.13 bits per heavy atom. The molecule has 30 heavy (non-hydrogen) atoms. The zero-order valence-electron chi connectivity index (χ0n) is 16.9. The summed E-state index contributed by atoms with van der Waals surface area (Å²) in [6.07, 6.45) is 5.36. The van der Waals surface area contributed by atoms with Gasteiger partial charge in [-0.25, -0.2) is 9.97 Å². The first kappa shape index (κ1) is 18.9. The number of hydrogen-bond donors (Lipinski definition) is 1. The number of amides is 1. The average Bonchev–Trinajstić information content (AvgIpc) is 3.45. The van der Waals surface area contributed by atoms with Gasteiger partial charge in [-0.05, 0) is 44.0 Å². The minimum absolute atomic E-state index is 0.0577. The number of H-pyrrole nitrogens is 1. The number of carbonyl (C=O) groups is 1. The fourth-order valence-electron chi connectivity index (χ4n) is 4.35. The smallest absolute Gasteiger partial charge is 0.220 e. The van der Waals surface area contributed by atoms with E-state index < -0.39 is 0 Å². The molecule has 1 amide bonds. The van der Waals surface area contributed by atoms with Crippen molar-refractivity contribution in [2.45, 2.75) is 32.7 Å². The lowest BCUT2D eigenvalue weighted by atomic mass is 10.1. The highest BCUT2D eigenvalue weighted by Gasteiger charge is 2.33. The molecule has 5 rings (SSSR count). The van der Waals surface area contributed by atoms with Crippen LogP contribution in [0.4, 0.5) is 0 Å². The van der Waals surface area contributed by atoms with Crippen LogP contribution in [0.2, 0.25) is 5.02 Å². The number of likely N-dealkylation sites (tertiary alicyclic amines) is 1. The van der Waals surface area contributed by atoms with Crippen molar-refractivity contribution in [1.29, 1.82) is 0 Å². The van der Waals surface area contributed by atoms with Crippen molar-refractivity contribution >= 4 is 34.2 Å². The molecular formula is C22H22ClN5O2. The second kappa shape index (κ2) is 7.32. The Kier molecular flexibility index (Phi) is 4.62. The Morgan fingerprint density at radius 3 is 2.87 bits per heavy atom. The van der Waals surface area contributed by atoms with E-state index in [9.17, 15) is 4.79 Å². The third-order valence-electron chi connectivity index (χ3n) is 5.66. The van der Waals surface area contributed by atoms with Crippen molar-refractivity contribution in [1.82, 2.24) is 24.3 Å². The van der Waals surface area contributed by atoms with Crippen LogP contribution in [0.25, 0.3) is 27.9 Å². The van der Waals surface area contributed by atoms with Crippen LogP contribution in [0.15, 0.2) is 36.7 Å². The van der Waals surface area contributed by atoms with Gasteiger partial charge in [-0.3, -0.25) is 9.20 Å². The molecule has 1 aliphatic rings. The van der Waals surface area contributed by atoms with Gasteiger partial charge < -0.3 is 14.6 Å². The predicted molar refractivity (Wildman–Crippen MR) is 116 cm³/mol. The second-order valence-electron chi connectivity index (χ2n) is 7.46. The van der Waals surface area contributed by atoms with Crippen molar-refractivity contribution in [2.75, 3.05) is 13.2 Å². The standard InChI is InChI=1S/C22H22ClN5O2/c1-3-30-15-8-6-14(7-9-15)19-18-12-25-21-20(16(23)11-24-21)28(18)22(26-19)17-5-4-10-27(17)13(2)29/h6-9,11-12,17,24H,3-5,10H2,1-2H3. The predicted octanol–water partition coefficient (Wildman–Crippen LogP) is 4.61. The Bertz CT molecular complexity index is 1240.